The number of benzene rings is 1. The first kappa shape index (κ1) is 13.0. The lowest BCUT2D eigenvalue weighted by Gasteiger charge is -2.13. The number of rotatable bonds is 4. The van der Waals surface area contributed by atoms with E-state index in [1.54, 1.807) is 7.11 Å². The van der Waals surface area contributed by atoms with Gasteiger partial charge in [-0.1, -0.05) is 6.07 Å². The van der Waals surface area contributed by atoms with E-state index in [2.05, 4.69) is 4.72 Å². The van der Waals surface area contributed by atoms with E-state index < -0.39 is 10.0 Å². The third kappa shape index (κ3) is 3.50. The van der Waals surface area contributed by atoms with Crippen molar-refractivity contribution < 1.29 is 13.2 Å². The van der Waals surface area contributed by atoms with Gasteiger partial charge in [-0.3, -0.25) is 0 Å². The van der Waals surface area contributed by atoms with Gasteiger partial charge in [0.05, 0.1) is 13.4 Å². The highest BCUT2D eigenvalue weighted by Crippen LogP contribution is 2.23. The molecule has 0 aliphatic carbocycles. The van der Waals surface area contributed by atoms with Crippen LogP contribution in [-0.2, 0) is 16.6 Å². The van der Waals surface area contributed by atoms with Crippen LogP contribution in [0.25, 0.3) is 0 Å². The van der Waals surface area contributed by atoms with Crippen LogP contribution in [0.15, 0.2) is 12.1 Å². The highest BCUT2D eigenvalue weighted by atomic mass is 32.2. The van der Waals surface area contributed by atoms with E-state index in [9.17, 15) is 8.42 Å². The number of nitrogens with one attached hydrogen (secondary N) is 1. The lowest BCUT2D eigenvalue weighted by atomic mass is 10.0. The van der Waals surface area contributed by atoms with Crippen LogP contribution in [0.4, 0.5) is 0 Å². The van der Waals surface area contributed by atoms with Gasteiger partial charge in [0, 0.05) is 12.1 Å². The summed E-state index contributed by atoms with van der Waals surface area (Å²) in [4.78, 5) is 0. The lowest BCUT2D eigenvalue weighted by molar-refractivity contribution is 0.408. The summed E-state index contributed by atoms with van der Waals surface area (Å²) in [5, 5.41) is 0. The standard InChI is InChI=1S/C11H17NO3S/c1-8-5-9(2)10(11(6-8)15-3)7-12-16(4,13)14/h5-6,12H,7H2,1-4H3. The minimum atomic E-state index is -3.18. The van der Waals surface area contributed by atoms with Crippen LogP contribution >= 0.6 is 0 Å². The minimum Gasteiger partial charge on any atom is -0.496 e. The van der Waals surface area contributed by atoms with Gasteiger partial charge in [-0.05, 0) is 31.0 Å². The maximum atomic E-state index is 11.0. The van der Waals surface area contributed by atoms with E-state index in [4.69, 9.17) is 4.74 Å². The van der Waals surface area contributed by atoms with Crippen LogP contribution in [0, 0.1) is 13.8 Å². The summed E-state index contributed by atoms with van der Waals surface area (Å²) < 4.78 is 29.8. The van der Waals surface area contributed by atoms with Crippen LogP contribution in [0.2, 0.25) is 0 Å². The number of ether oxygens (including phenoxy) is 1. The van der Waals surface area contributed by atoms with Gasteiger partial charge in [-0.15, -0.1) is 0 Å². The molecule has 90 valence electrons. The molecule has 0 spiro atoms. The third-order valence-electron chi connectivity index (χ3n) is 2.31. The SMILES string of the molecule is COc1cc(C)cc(C)c1CNS(C)(=O)=O. The highest BCUT2D eigenvalue weighted by molar-refractivity contribution is 7.88. The van der Waals surface area contributed by atoms with Gasteiger partial charge in [0.15, 0.2) is 0 Å². The van der Waals surface area contributed by atoms with Crippen molar-refractivity contribution in [1.29, 1.82) is 0 Å². The molecule has 1 aromatic rings. The zero-order chi connectivity index (χ0) is 12.3. The van der Waals surface area contributed by atoms with E-state index >= 15 is 0 Å². The van der Waals surface area contributed by atoms with E-state index in [-0.39, 0.29) is 6.54 Å². The van der Waals surface area contributed by atoms with E-state index in [1.807, 2.05) is 26.0 Å². The molecule has 1 aromatic carbocycles. The fourth-order valence-corrected chi connectivity index (χ4v) is 1.98. The van der Waals surface area contributed by atoms with Crippen LogP contribution < -0.4 is 9.46 Å². The molecule has 16 heavy (non-hydrogen) atoms. The molecule has 0 aromatic heterocycles. The molecule has 1 rings (SSSR count). The zero-order valence-corrected chi connectivity index (χ0v) is 10.8. The summed E-state index contributed by atoms with van der Waals surface area (Å²) in [5.74, 6) is 0.716. The molecule has 0 unspecified atom stereocenters. The van der Waals surface area contributed by atoms with Crippen molar-refractivity contribution >= 4 is 10.0 Å². The smallest absolute Gasteiger partial charge is 0.209 e. The van der Waals surface area contributed by atoms with Gasteiger partial charge in [0.25, 0.3) is 0 Å². The van der Waals surface area contributed by atoms with Gasteiger partial charge >= 0.3 is 0 Å². The summed E-state index contributed by atoms with van der Waals surface area (Å²) in [6.45, 7) is 4.17. The molecule has 0 heterocycles. The molecule has 0 fully saturated rings. The summed E-state index contributed by atoms with van der Waals surface area (Å²) in [7, 11) is -1.60. The number of methoxy groups -OCH3 is 1. The summed E-state index contributed by atoms with van der Waals surface area (Å²) in [6.07, 6.45) is 1.14. The second-order valence-corrected chi connectivity index (χ2v) is 5.69. The largest absolute Gasteiger partial charge is 0.496 e. The average Bonchev–Trinajstić information content (AvgIpc) is 2.13. The molecule has 4 nitrogen and oxygen atoms in total. The van der Waals surface area contributed by atoms with Crippen LogP contribution in [0.1, 0.15) is 16.7 Å². The van der Waals surface area contributed by atoms with Crippen molar-refractivity contribution in [2.24, 2.45) is 0 Å². The Morgan fingerprint density at radius 2 is 1.94 bits per heavy atom. The van der Waals surface area contributed by atoms with E-state index in [1.165, 1.54) is 0 Å². The predicted molar refractivity (Wildman–Crippen MR) is 64.2 cm³/mol. The monoisotopic (exact) mass is 243 g/mol. The molecule has 0 aliphatic heterocycles. The van der Waals surface area contributed by atoms with Gasteiger partial charge in [0.1, 0.15) is 5.75 Å². The molecular weight excluding hydrogens is 226 g/mol. The average molecular weight is 243 g/mol. The molecule has 5 heteroatoms. The predicted octanol–water partition coefficient (Wildman–Crippen LogP) is 1.36. The van der Waals surface area contributed by atoms with E-state index in [0.717, 1.165) is 22.9 Å². The Labute approximate surface area is 96.7 Å². The highest BCUT2D eigenvalue weighted by Gasteiger charge is 2.09. The molecule has 0 saturated heterocycles. The minimum absolute atomic E-state index is 0.258. The zero-order valence-electron chi connectivity index (χ0n) is 9.99. The maximum Gasteiger partial charge on any atom is 0.209 e. The fraction of sp³-hybridized carbons (Fsp3) is 0.455. The van der Waals surface area contributed by atoms with Crippen LogP contribution in [0.3, 0.4) is 0 Å². The number of hydrogen-bond acceptors (Lipinski definition) is 3. The summed E-state index contributed by atoms with van der Waals surface area (Å²) >= 11 is 0. The molecule has 0 aliphatic rings. The van der Waals surface area contributed by atoms with Crippen LogP contribution in [0.5, 0.6) is 5.75 Å². The quantitative estimate of drug-likeness (QED) is 0.868. The van der Waals surface area contributed by atoms with Crippen molar-refractivity contribution in [3.63, 3.8) is 0 Å². The van der Waals surface area contributed by atoms with Gasteiger partial charge in [-0.2, -0.15) is 0 Å². The molecule has 0 bridgehead atoms. The van der Waals surface area contributed by atoms with Crippen molar-refractivity contribution in [2.75, 3.05) is 13.4 Å². The molecule has 0 amide bonds. The maximum absolute atomic E-state index is 11.0. The van der Waals surface area contributed by atoms with Crippen molar-refractivity contribution in [3.05, 3.63) is 28.8 Å². The van der Waals surface area contributed by atoms with Crippen molar-refractivity contribution in [2.45, 2.75) is 20.4 Å². The Bertz CT molecular complexity index is 480. The fourth-order valence-electron chi connectivity index (χ4n) is 1.57. The van der Waals surface area contributed by atoms with Gasteiger partial charge < -0.3 is 4.74 Å². The Hall–Kier alpha value is -1.07. The van der Waals surface area contributed by atoms with Crippen LogP contribution in [-0.4, -0.2) is 21.8 Å². The molecule has 0 radical (unpaired) electrons. The Kier molecular flexibility index (Phi) is 3.93. The molecule has 0 saturated carbocycles. The van der Waals surface area contributed by atoms with Crippen molar-refractivity contribution in [1.82, 2.24) is 4.72 Å². The lowest BCUT2D eigenvalue weighted by Crippen LogP contribution is -2.22. The molecule has 1 N–H and O–H groups in total. The second kappa shape index (κ2) is 4.84. The van der Waals surface area contributed by atoms with E-state index in [0.29, 0.717) is 5.75 Å². The molecular formula is C11H17NO3S. The third-order valence-corrected chi connectivity index (χ3v) is 2.98. The van der Waals surface area contributed by atoms with Gasteiger partial charge in [0.2, 0.25) is 10.0 Å². The first-order valence-electron chi connectivity index (χ1n) is 4.92. The Morgan fingerprint density at radius 1 is 1.31 bits per heavy atom. The van der Waals surface area contributed by atoms with Crippen molar-refractivity contribution in [3.8, 4) is 5.75 Å². The first-order chi connectivity index (χ1) is 7.33. The summed E-state index contributed by atoms with van der Waals surface area (Å²) in [6, 6.07) is 3.90. The number of hydrogen-bond donors (Lipinski definition) is 1. The second-order valence-electron chi connectivity index (χ2n) is 3.86. The summed E-state index contributed by atoms with van der Waals surface area (Å²) in [5.41, 5.74) is 2.99. The molecule has 0 atom stereocenters. The number of aryl methyl sites for hydroxylation is 2. The topological polar surface area (TPSA) is 55.4 Å². The normalized spacial score (nSPS) is 11.5. The number of sulfonamides is 1. The van der Waals surface area contributed by atoms with Gasteiger partial charge in [-0.25, -0.2) is 13.1 Å². The Morgan fingerprint density at radius 3 is 2.44 bits per heavy atom. The Balaban J connectivity index is 3.03. The first-order valence-corrected chi connectivity index (χ1v) is 6.81.